The van der Waals surface area contributed by atoms with Gasteiger partial charge in [0.2, 0.25) is 0 Å². The van der Waals surface area contributed by atoms with E-state index in [0.29, 0.717) is 12.0 Å². The molecule has 0 aromatic rings. The Kier molecular flexibility index (Phi) is 2.06. The zero-order valence-corrected chi connectivity index (χ0v) is 8.05. The van der Waals surface area contributed by atoms with Crippen molar-refractivity contribution in [3.8, 4) is 0 Å². The summed E-state index contributed by atoms with van der Waals surface area (Å²) in [4.78, 5) is 11.2. The van der Waals surface area contributed by atoms with Crippen LogP contribution in [-0.4, -0.2) is 22.7 Å². The highest BCUT2D eigenvalue weighted by Gasteiger charge is 2.56. The van der Waals surface area contributed by atoms with Gasteiger partial charge < -0.3 is 5.11 Å². The summed E-state index contributed by atoms with van der Waals surface area (Å²) in [6.45, 7) is 2.13. The average molecular weight is 183 g/mol. The molecule has 0 aliphatic carbocycles. The first kappa shape index (κ1) is 9.00. The largest absolute Gasteiger partial charge is 0.480 e. The van der Waals surface area contributed by atoms with Gasteiger partial charge in [-0.3, -0.25) is 10.1 Å². The zero-order valence-electron chi connectivity index (χ0n) is 8.05. The van der Waals surface area contributed by atoms with E-state index in [0.717, 1.165) is 32.1 Å². The van der Waals surface area contributed by atoms with Crippen LogP contribution in [0.4, 0.5) is 0 Å². The van der Waals surface area contributed by atoms with Gasteiger partial charge in [0.1, 0.15) is 5.54 Å². The molecule has 74 valence electrons. The first-order valence-corrected chi connectivity index (χ1v) is 5.20. The first-order chi connectivity index (χ1) is 6.19. The fourth-order valence-corrected chi connectivity index (χ4v) is 3.01. The van der Waals surface area contributed by atoms with E-state index < -0.39 is 11.5 Å². The minimum atomic E-state index is -0.633. The number of aliphatic carboxylic acids is 1. The average Bonchev–Trinajstić information content (AvgIpc) is 2.62. The molecule has 0 unspecified atom stereocenters. The van der Waals surface area contributed by atoms with Gasteiger partial charge in [-0.2, -0.15) is 0 Å². The van der Waals surface area contributed by atoms with E-state index in [1.54, 1.807) is 0 Å². The number of nitrogens with one attached hydrogen (secondary N) is 1. The molecule has 0 aromatic heterocycles. The van der Waals surface area contributed by atoms with E-state index in [1.165, 1.54) is 0 Å². The van der Waals surface area contributed by atoms with Crippen LogP contribution in [0.1, 0.15) is 39.0 Å². The van der Waals surface area contributed by atoms with E-state index in [-0.39, 0.29) is 0 Å². The molecule has 3 atom stereocenters. The number of carboxylic acids is 1. The Labute approximate surface area is 78.5 Å². The molecule has 3 heteroatoms. The molecule has 2 rings (SSSR count). The van der Waals surface area contributed by atoms with Gasteiger partial charge in [-0.05, 0) is 31.6 Å². The van der Waals surface area contributed by atoms with Crippen LogP contribution in [0.2, 0.25) is 0 Å². The van der Waals surface area contributed by atoms with Gasteiger partial charge in [0.05, 0.1) is 0 Å². The summed E-state index contributed by atoms with van der Waals surface area (Å²) >= 11 is 0. The molecule has 13 heavy (non-hydrogen) atoms. The summed E-state index contributed by atoms with van der Waals surface area (Å²) < 4.78 is 0. The fourth-order valence-electron chi connectivity index (χ4n) is 3.01. The van der Waals surface area contributed by atoms with Crippen molar-refractivity contribution in [1.82, 2.24) is 5.32 Å². The van der Waals surface area contributed by atoms with Gasteiger partial charge in [-0.15, -0.1) is 0 Å². The normalized spacial score (nSPS) is 42.5. The second-order valence-corrected chi connectivity index (χ2v) is 4.38. The Balaban J connectivity index is 2.17. The van der Waals surface area contributed by atoms with Crippen molar-refractivity contribution < 1.29 is 9.90 Å². The molecule has 2 heterocycles. The molecule has 0 aromatic carbocycles. The second kappa shape index (κ2) is 2.98. The molecular weight excluding hydrogens is 166 g/mol. The summed E-state index contributed by atoms with van der Waals surface area (Å²) in [7, 11) is 0. The standard InChI is InChI=1S/C10H17NO2/c1-2-3-7-6-8-4-5-10(7,11-8)9(12)13/h7-8,11H,2-6H2,1H3,(H,12,13)/t7-,8-,10+/m1/s1. The lowest BCUT2D eigenvalue weighted by atomic mass is 9.76. The number of carbonyl (C=O) groups is 1. The van der Waals surface area contributed by atoms with E-state index >= 15 is 0 Å². The summed E-state index contributed by atoms with van der Waals surface area (Å²) in [6.07, 6.45) is 5.09. The third-order valence-electron chi connectivity index (χ3n) is 3.63. The summed E-state index contributed by atoms with van der Waals surface area (Å²) in [5.41, 5.74) is -0.555. The number of carboxylic acid groups (broad SMARTS) is 1. The molecule has 2 aliphatic rings. The van der Waals surface area contributed by atoms with Gasteiger partial charge in [0.15, 0.2) is 0 Å². The maximum atomic E-state index is 11.2. The lowest BCUT2D eigenvalue weighted by Gasteiger charge is -2.29. The van der Waals surface area contributed by atoms with Crippen molar-refractivity contribution in [2.24, 2.45) is 5.92 Å². The summed E-state index contributed by atoms with van der Waals surface area (Å²) in [5, 5.41) is 12.5. The molecule has 2 N–H and O–H groups in total. The number of rotatable bonds is 3. The lowest BCUT2D eigenvalue weighted by Crippen LogP contribution is -2.49. The summed E-state index contributed by atoms with van der Waals surface area (Å²) in [6, 6.07) is 0.479. The molecule has 0 spiro atoms. The van der Waals surface area contributed by atoms with Crippen LogP contribution in [0, 0.1) is 5.92 Å². The SMILES string of the molecule is CCC[C@@H]1C[C@H]2CC[C@]1(C(=O)O)N2. The summed E-state index contributed by atoms with van der Waals surface area (Å²) in [5.74, 6) is -0.264. The highest BCUT2D eigenvalue weighted by molar-refractivity contribution is 5.80. The Bertz CT molecular complexity index is 229. The Morgan fingerprint density at radius 3 is 3.00 bits per heavy atom. The van der Waals surface area contributed by atoms with Crippen LogP contribution >= 0.6 is 0 Å². The predicted octanol–water partition coefficient (Wildman–Crippen LogP) is 1.38. The highest BCUT2D eigenvalue weighted by Crippen LogP contribution is 2.44. The van der Waals surface area contributed by atoms with Gasteiger partial charge in [-0.1, -0.05) is 13.3 Å². The topological polar surface area (TPSA) is 49.3 Å². The van der Waals surface area contributed by atoms with Crippen molar-refractivity contribution >= 4 is 5.97 Å². The Morgan fingerprint density at radius 2 is 2.46 bits per heavy atom. The van der Waals surface area contributed by atoms with Crippen LogP contribution in [0.3, 0.4) is 0 Å². The molecule has 0 saturated carbocycles. The zero-order chi connectivity index (χ0) is 9.47. The van der Waals surface area contributed by atoms with E-state index in [2.05, 4.69) is 12.2 Å². The van der Waals surface area contributed by atoms with Crippen molar-refractivity contribution in [2.45, 2.75) is 50.6 Å². The minimum Gasteiger partial charge on any atom is -0.480 e. The quantitative estimate of drug-likeness (QED) is 0.695. The molecule has 2 bridgehead atoms. The van der Waals surface area contributed by atoms with Crippen molar-refractivity contribution in [1.29, 1.82) is 0 Å². The fraction of sp³-hybridized carbons (Fsp3) is 0.900. The van der Waals surface area contributed by atoms with Gasteiger partial charge in [-0.25, -0.2) is 0 Å². The Morgan fingerprint density at radius 1 is 1.69 bits per heavy atom. The maximum absolute atomic E-state index is 11.2. The third kappa shape index (κ3) is 1.17. The van der Waals surface area contributed by atoms with Crippen molar-refractivity contribution in [3.05, 3.63) is 0 Å². The maximum Gasteiger partial charge on any atom is 0.324 e. The molecular formula is C10H17NO2. The predicted molar refractivity (Wildman–Crippen MR) is 49.5 cm³/mol. The molecule has 3 nitrogen and oxygen atoms in total. The van der Waals surface area contributed by atoms with Crippen molar-refractivity contribution in [2.75, 3.05) is 0 Å². The molecule has 0 radical (unpaired) electrons. The molecule has 2 fully saturated rings. The van der Waals surface area contributed by atoms with Crippen LogP contribution in [-0.2, 0) is 4.79 Å². The van der Waals surface area contributed by atoms with Crippen LogP contribution < -0.4 is 5.32 Å². The second-order valence-electron chi connectivity index (χ2n) is 4.38. The molecule has 0 amide bonds. The van der Waals surface area contributed by atoms with E-state index in [9.17, 15) is 9.90 Å². The van der Waals surface area contributed by atoms with Crippen LogP contribution in [0.25, 0.3) is 0 Å². The minimum absolute atomic E-state index is 0.369. The molecule has 2 saturated heterocycles. The first-order valence-electron chi connectivity index (χ1n) is 5.20. The van der Waals surface area contributed by atoms with Gasteiger partial charge in [0.25, 0.3) is 0 Å². The smallest absolute Gasteiger partial charge is 0.324 e. The molecule has 2 aliphatic heterocycles. The number of hydrogen-bond donors (Lipinski definition) is 2. The van der Waals surface area contributed by atoms with Crippen LogP contribution in [0.15, 0.2) is 0 Å². The Hall–Kier alpha value is -0.570. The lowest BCUT2D eigenvalue weighted by molar-refractivity contribution is -0.146. The third-order valence-corrected chi connectivity index (χ3v) is 3.63. The monoisotopic (exact) mass is 183 g/mol. The van der Waals surface area contributed by atoms with Gasteiger partial charge >= 0.3 is 5.97 Å². The van der Waals surface area contributed by atoms with E-state index in [4.69, 9.17) is 0 Å². The van der Waals surface area contributed by atoms with Gasteiger partial charge in [0, 0.05) is 6.04 Å². The van der Waals surface area contributed by atoms with Crippen LogP contribution in [0.5, 0.6) is 0 Å². The highest BCUT2D eigenvalue weighted by atomic mass is 16.4. The number of hydrogen-bond acceptors (Lipinski definition) is 2. The number of fused-ring (bicyclic) bond motifs is 2. The van der Waals surface area contributed by atoms with Crippen molar-refractivity contribution in [3.63, 3.8) is 0 Å². The van der Waals surface area contributed by atoms with E-state index in [1.807, 2.05) is 0 Å².